The van der Waals surface area contributed by atoms with Gasteiger partial charge in [0.05, 0.1) is 12.2 Å². The Morgan fingerprint density at radius 2 is 2.13 bits per heavy atom. The topological polar surface area (TPSA) is 126 Å². The average molecular weight is 418 g/mol. The number of H-pyrrole nitrogens is 1. The molecule has 1 aliphatic rings. The number of carbonyl (C=O) groups excluding carboxylic acids is 1. The first kappa shape index (κ1) is 19.2. The van der Waals surface area contributed by atoms with Crippen molar-refractivity contribution in [2.45, 2.75) is 19.3 Å². The van der Waals surface area contributed by atoms with E-state index in [9.17, 15) is 4.79 Å². The van der Waals surface area contributed by atoms with Gasteiger partial charge in [0.25, 0.3) is 0 Å². The zero-order chi connectivity index (χ0) is 21.0. The van der Waals surface area contributed by atoms with Crippen LogP contribution in [0, 0.1) is 5.92 Å². The molecule has 158 valence electrons. The summed E-state index contributed by atoms with van der Waals surface area (Å²) < 4.78 is 5.31. The lowest BCUT2D eigenvalue weighted by Crippen LogP contribution is -2.44. The maximum absolute atomic E-state index is 12.7. The Morgan fingerprint density at radius 3 is 3.03 bits per heavy atom. The Balaban J connectivity index is 1.17. The van der Waals surface area contributed by atoms with E-state index in [1.165, 1.54) is 6.33 Å². The summed E-state index contributed by atoms with van der Waals surface area (Å²) in [6.45, 7) is 1.90. The maximum atomic E-state index is 12.7. The molecule has 3 aromatic heterocycles. The Labute approximate surface area is 178 Å². The van der Waals surface area contributed by atoms with Crippen LogP contribution >= 0.6 is 0 Å². The van der Waals surface area contributed by atoms with Crippen molar-refractivity contribution < 1.29 is 9.32 Å². The Morgan fingerprint density at radius 1 is 1.23 bits per heavy atom. The standard InChI is InChI=1S/C21H22N8O2/c30-21(22-9-8-16-27-18(28-31-16)14-5-2-1-3-6-14)15-7-4-10-29(11-15)20-17-19(24-12-23-17)25-13-26-20/h1-3,5-6,12-13,15H,4,7-11H2,(H,22,30)(H,23,24,25,26)/t15-/m1/s1. The van der Waals surface area contributed by atoms with E-state index in [0.29, 0.717) is 36.9 Å². The summed E-state index contributed by atoms with van der Waals surface area (Å²) in [6, 6.07) is 9.66. The highest BCUT2D eigenvalue weighted by Gasteiger charge is 2.27. The molecule has 4 heterocycles. The van der Waals surface area contributed by atoms with E-state index in [0.717, 1.165) is 36.3 Å². The summed E-state index contributed by atoms with van der Waals surface area (Å²) >= 11 is 0. The van der Waals surface area contributed by atoms with Gasteiger partial charge in [-0.2, -0.15) is 4.98 Å². The van der Waals surface area contributed by atoms with Crippen LogP contribution in [0.15, 0.2) is 47.5 Å². The number of fused-ring (bicyclic) bond motifs is 1. The van der Waals surface area contributed by atoms with Crippen LogP contribution in [0.2, 0.25) is 0 Å². The first-order valence-electron chi connectivity index (χ1n) is 10.3. The first-order chi connectivity index (χ1) is 15.3. The number of aromatic amines is 1. The van der Waals surface area contributed by atoms with Crippen LogP contribution in [-0.4, -0.2) is 55.6 Å². The summed E-state index contributed by atoms with van der Waals surface area (Å²) in [5.41, 5.74) is 2.33. The average Bonchev–Trinajstić information content (AvgIpc) is 3.49. The SMILES string of the molecule is O=C(NCCc1nc(-c2ccccc2)no1)[C@@H]1CCCN(c2ncnc3nc[nH]c23)C1. The number of hydrogen-bond donors (Lipinski definition) is 2. The van der Waals surface area contributed by atoms with Crippen molar-refractivity contribution in [1.29, 1.82) is 0 Å². The van der Waals surface area contributed by atoms with Gasteiger partial charge in [0.1, 0.15) is 11.8 Å². The molecule has 0 unspecified atom stereocenters. The molecule has 0 radical (unpaired) electrons. The normalized spacial score (nSPS) is 16.5. The van der Waals surface area contributed by atoms with Gasteiger partial charge in [-0.15, -0.1) is 0 Å². The number of benzene rings is 1. The van der Waals surface area contributed by atoms with Crippen LogP contribution in [0.5, 0.6) is 0 Å². The number of anilines is 1. The van der Waals surface area contributed by atoms with Gasteiger partial charge >= 0.3 is 0 Å². The van der Waals surface area contributed by atoms with Gasteiger partial charge in [-0.05, 0) is 12.8 Å². The van der Waals surface area contributed by atoms with E-state index in [-0.39, 0.29) is 11.8 Å². The van der Waals surface area contributed by atoms with Gasteiger partial charge in [0.15, 0.2) is 11.5 Å². The van der Waals surface area contributed by atoms with Crippen molar-refractivity contribution in [3.63, 3.8) is 0 Å². The molecule has 31 heavy (non-hydrogen) atoms. The van der Waals surface area contributed by atoms with E-state index in [2.05, 4.69) is 40.3 Å². The van der Waals surface area contributed by atoms with Gasteiger partial charge in [-0.3, -0.25) is 4.79 Å². The van der Waals surface area contributed by atoms with E-state index >= 15 is 0 Å². The highest BCUT2D eigenvalue weighted by Crippen LogP contribution is 2.25. The molecule has 5 rings (SSSR count). The van der Waals surface area contributed by atoms with Gasteiger partial charge in [0.2, 0.25) is 17.6 Å². The fourth-order valence-electron chi connectivity index (χ4n) is 3.87. The first-order valence-corrected chi connectivity index (χ1v) is 10.3. The molecule has 10 nitrogen and oxygen atoms in total. The molecular formula is C21H22N8O2. The monoisotopic (exact) mass is 418 g/mol. The predicted molar refractivity (Wildman–Crippen MR) is 113 cm³/mol. The number of hydrogen-bond acceptors (Lipinski definition) is 8. The number of amides is 1. The number of piperidine rings is 1. The van der Waals surface area contributed by atoms with Crippen molar-refractivity contribution in [3.05, 3.63) is 48.9 Å². The minimum Gasteiger partial charge on any atom is -0.355 e. The third kappa shape index (κ3) is 4.09. The predicted octanol–water partition coefficient (Wildman–Crippen LogP) is 1.98. The molecule has 1 saturated heterocycles. The molecule has 1 fully saturated rings. The van der Waals surface area contributed by atoms with E-state index in [1.54, 1.807) is 6.33 Å². The number of nitrogens with one attached hydrogen (secondary N) is 2. The van der Waals surface area contributed by atoms with Crippen LogP contribution < -0.4 is 10.2 Å². The number of carbonyl (C=O) groups is 1. The number of nitrogens with zero attached hydrogens (tertiary/aromatic N) is 6. The van der Waals surface area contributed by atoms with Gasteiger partial charge in [-0.1, -0.05) is 35.5 Å². The minimum absolute atomic E-state index is 0.0300. The van der Waals surface area contributed by atoms with Crippen molar-refractivity contribution in [2.75, 3.05) is 24.5 Å². The second-order valence-electron chi connectivity index (χ2n) is 7.50. The summed E-state index contributed by atoms with van der Waals surface area (Å²) in [5.74, 6) is 1.78. The Bertz CT molecular complexity index is 1170. The largest absolute Gasteiger partial charge is 0.355 e. The Hall–Kier alpha value is -3.82. The molecule has 1 atom stereocenters. The van der Waals surface area contributed by atoms with Crippen molar-refractivity contribution in [1.82, 2.24) is 35.4 Å². The molecule has 10 heteroatoms. The van der Waals surface area contributed by atoms with Gasteiger partial charge in [0, 0.05) is 31.6 Å². The van der Waals surface area contributed by atoms with E-state index in [4.69, 9.17) is 4.52 Å². The lowest BCUT2D eigenvalue weighted by atomic mass is 9.97. The molecule has 0 saturated carbocycles. The second-order valence-corrected chi connectivity index (χ2v) is 7.50. The summed E-state index contributed by atoms with van der Waals surface area (Å²) in [5, 5.41) is 7.02. The third-order valence-electron chi connectivity index (χ3n) is 5.43. The summed E-state index contributed by atoms with van der Waals surface area (Å²) in [6.07, 6.45) is 5.37. The summed E-state index contributed by atoms with van der Waals surface area (Å²) in [7, 11) is 0. The molecule has 0 spiro atoms. The highest BCUT2D eigenvalue weighted by molar-refractivity contribution is 5.84. The minimum atomic E-state index is -0.107. The highest BCUT2D eigenvalue weighted by atomic mass is 16.5. The maximum Gasteiger partial charge on any atom is 0.228 e. The number of imidazole rings is 1. The molecule has 0 bridgehead atoms. The molecule has 1 aliphatic heterocycles. The van der Waals surface area contributed by atoms with E-state index < -0.39 is 0 Å². The molecule has 1 aromatic carbocycles. The van der Waals surface area contributed by atoms with Crippen molar-refractivity contribution in [3.8, 4) is 11.4 Å². The van der Waals surface area contributed by atoms with Gasteiger partial charge < -0.3 is 19.7 Å². The second kappa shape index (κ2) is 8.50. The van der Waals surface area contributed by atoms with Crippen molar-refractivity contribution >= 4 is 22.9 Å². The summed E-state index contributed by atoms with van der Waals surface area (Å²) in [4.78, 5) is 35.1. The molecular weight excluding hydrogens is 396 g/mol. The molecule has 0 aliphatic carbocycles. The third-order valence-corrected chi connectivity index (χ3v) is 5.43. The lowest BCUT2D eigenvalue weighted by Gasteiger charge is -2.32. The van der Waals surface area contributed by atoms with Crippen LogP contribution in [-0.2, 0) is 11.2 Å². The van der Waals surface area contributed by atoms with Crippen LogP contribution in [0.25, 0.3) is 22.6 Å². The van der Waals surface area contributed by atoms with Crippen LogP contribution in [0.3, 0.4) is 0 Å². The zero-order valence-electron chi connectivity index (χ0n) is 16.9. The number of rotatable bonds is 6. The van der Waals surface area contributed by atoms with Crippen LogP contribution in [0.4, 0.5) is 5.82 Å². The lowest BCUT2D eigenvalue weighted by molar-refractivity contribution is -0.125. The molecule has 2 N–H and O–H groups in total. The Kier molecular flexibility index (Phi) is 5.26. The fourth-order valence-corrected chi connectivity index (χ4v) is 3.87. The molecule has 1 amide bonds. The van der Waals surface area contributed by atoms with Gasteiger partial charge in [-0.25, -0.2) is 15.0 Å². The van der Waals surface area contributed by atoms with Crippen molar-refractivity contribution in [2.24, 2.45) is 5.92 Å². The number of aromatic nitrogens is 6. The quantitative estimate of drug-likeness (QED) is 0.487. The smallest absolute Gasteiger partial charge is 0.228 e. The molecule has 4 aromatic rings. The zero-order valence-corrected chi connectivity index (χ0v) is 16.9. The van der Waals surface area contributed by atoms with Crippen LogP contribution in [0.1, 0.15) is 18.7 Å². The van der Waals surface area contributed by atoms with E-state index in [1.807, 2.05) is 30.3 Å². The fraction of sp³-hybridized carbons (Fsp3) is 0.333.